The molecule has 4 nitrogen and oxygen atoms in total. The first-order valence-electron chi connectivity index (χ1n) is 6.94. The molecule has 0 saturated heterocycles. The number of hydrogen-bond acceptors (Lipinski definition) is 3. The Morgan fingerprint density at radius 3 is 2.81 bits per heavy atom. The Bertz CT molecular complexity index is 616. The molecule has 2 unspecified atom stereocenters. The molecule has 0 spiro atoms. The Kier molecular flexibility index (Phi) is 4.67. The highest BCUT2D eigenvalue weighted by Gasteiger charge is 2.29. The van der Waals surface area contributed by atoms with E-state index in [0.29, 0.717) is 17.4 Å². The number of tetrazole rings is 1. The van der Waals surface area contributed by atoms with Crippen LogP contribution in [0.4, 0.5) is 0 Å². The summed E-state index contributed by atoms with van der Waals surface area (Å²) in [6, 6.07) is 7.54. The summed E-state index contributed by atoms with van der Waals surface area (Å²) in [7, 11) is 0. The molecule has 1 aliphatic carbocycles. The van der Waals surface area contributed by atoms with Crippen molar-refractivity contribution in [3.8, 4) is 11.4 Å². The third kappa shape index (κ3) is 3.33. The number of alkyl halides is 2. The topological polar surface area (TPSA) is 43.6 Å². The number of hydrogen-bond donors (Lipinski definition) is 0. The van der Waals surface area contributed by atoms with Crippen molar-refractivity contribution >= 4 is 34.8 Å². The summed E-state index contributed by atoms with van der Waals surface area (Å²) in [4.78, 5) is 0. The first-order chi connectivity index (χ1) is 10.1. The standard InChI is InChI=1S/C14H15Cl3N4/c15-10-5-6-12(16)9(7-10)8-21-14(18-19-20-21)11-3-1-2-4-13(11)17/h1-4,9-10,12H,5-8H2/t9?,10-,12?/m0/s1. The molecule has 21 heavy (non-hydrogen) atoms. The van der Waals surface area contributed by atoms with Gasteiger partial charge in [0.15, 0.2) is 5.82 Å². The van der Waals surface area contributed by atoms with Crippen LogP contribution in [0.15, 0.2) is 24.3 Å². The van der Waals surface area contributed by atoms with Crippen LogP contribution in [0.2, 0.25) is 5.02 Å². The summed E-state index contributed by atoms with van der Waals surface area (Å²) in [6.45, 7) is 0.658. The number of rotatable bonds is 3. The maximum Gasteiger partial charge on any atom is 0.183 e. The zero-order valence-electron chi connectivity index (χ0n) is 11.3. The van der Waals surface area contributed by atoms with E-state index in [0.717, 1.165) is 24.8 Å². The lowest BCUT2D eigenvalue weighted by atomic mass is 9.88. The average molecular weight is 346 g/mol. The predicted octanol–water partition coefficient (Wildman–Crippen LogP) is 4.01. The van der Waals surface area contributed by atoms with Crippen LogP contribution in [-0.4, -0.2) is 31.0 Å². The summed E-state index contributed by atoms with van der Waals surface area (Å²) in [5, 5.41) is 12.9. The van der Waals surface area contributed by atoms with Crippen molar-refractivity contribution in [3.63, 3.8) is 0 Å². The number of halogens is 3. The van der Waals surface area contributed by atoms with Gasteiger partial charge in [-0.25, -0.2) is 4.68 Å². The maximum atomic E-state index is 6.43. The molecule has 0 amide bonds. The highest BCUT2D eigenvalue weighted by atomic mass is 35.5. The Balaban J connectivity index is 1.84. The molecule has 1 saturated carbocycles. The lowest BCUT2D eigenvalue weighted by Crippen LogP contribution is -2.30. The van der Waals surface area contributed by atoms with Crippen molar-refractivity contribution < 1.29 is 0 Å². The second-order valence-electron chi connectivity index (χ2n) is 5.35. The van der Waals surface area contributed by atoms with E-state index in [1.165, 1.54) is 0 Å². The molecule has 3 rings (SSSR count). The molecular formula is C14H15Cl3N4. The van der Waals surface area contributed by atoms with Gasteiger partial charge in [-0.3, -0.25) is 0 Å². The minimum atomic E-state index is 0.114. The van der Waals surface area contributed by atoms with Crippen molar-refractivity contribution in [1.29, 1.82) is 0 Å². The van der Waals surface area contributed by atoms with E-state index in [1.807, 2.05) is 24.3 Å². The second-order valence-corrected chi connectivity index (χ2v) is 6.94. The van der Waals surface area contributed by atoms with Crippen LogP contribution < -0.4 is 0 Å². The minimum Gasteiger partial charge on any atom is -0.225 e. The average Bonchev–Trinajstić information content (AvgIpc) is 2.91. The van der Waals surface area contributed by atoms with E-state index < -0.39 is 0 Å². The van der Waals surface area contributed by atoms with Crippen molar-refractivity contribution in [2.45, 2.75) is 36.6 Å². The van der Waals surface area contributed by atoms with Crippen LogP contribution in [0.3, 0.4) is 0 Å². The van der Waals surface area contributed by atoms with E-state index in [4.69, 9.17) is 34.8 Å². The van der Waals surface area contributed by atoms with Crippen molar-refractivity contribution in [1.82, 2.24) is 20.2 Å². The quantitative estimate of drug-likeness (QED) is 0.789. The molecule has 0 radical (unpaired) electrons. The lowest BCUT2D eigenvalue weighted by Gasteiger charge is -2.29. The molecule has 0 aliphatic heterocycles. The molecule has 3 atom stereocenters. The van der Waals surface area contributed by atoms with Gasteiger partial charge in [0, 0.05) is 22.9 Å². The fraction of sp³-hybridized carbons (Fsp3) is 0.500. The van der Waals surface area contributed by atoms with Gasteiger partial charge in [0.1, 0.15) is 0 Å². The van der Waals surface area contributed by atoms with Gasteiger partial charge in [0.05, 0.1) is 5.02 Å². The molecule has 2 aromatic rings. The molecule has 112 valence electrons. The van der Waals surface area contributed by atoms with Crippen molar-refractivity contribution in [2.75, 3.05) is 0 Å². The minimum absolute atomic E-state index is 0.114. The summed E-state index contributed by atoms with van der Waals surface area (Å²) in [6.07, 6.45) is 2.79. The number of nitrogens with zero attached hydrogens (tertiary/aromatic N) is 4. The zero-order valence-corrected chi connectivity index (χ0v) is 13.6. The molecule has 7 heteroatoms. The van der Waals surface area contributed by atoms with Gasteiger partial charge >= 0.3 is 0 Å². The third-order valence-corrected chi connectivity index (χ3v) is 5.18. The number of aromatic nitrogens is 4. The largest absolute Gasteiger partial charge is 0.225 e. The molecular weight excluding hydrogens is 331 g/mol. The molecule has 0 bridgehead atoms. The number of benzene rings is 1. The summed E-state index contributed by atoms with van der Waals surface area (Å²) in [5.41, 5.74) is 0.827. The second kappa shape index (κ2) is 6.51. The van der Waals surface area contributed by atoms with Crippen molar-refractivity contribution in [2.24, 2.45) is 5.92 Å². The molecule has 1 fully saturated rings. The normalized spacial score (nSPS) is 26.0. The highest BCUT2D eigenvalue weighted by molar-refractivity contribution is 6.33. The van der Waals surface area contributed by atoms with Crippen LogP contribution in [0, 0.1) is 5.92 Å². The van der Waals surface area contributed by atoms with Gasteiger partial charge in [0.2, 0.25) is 0 Å². The Morgan fingerprint density at radius 2 is 2.00 bits per heavy atom. The van der Waals surface area contributed by atoms with Gasteiger partial charge in [-0.2, -0.15) is 0 Å². The SMILES string of the molecule is Clc1ccccc1-c1nnnn1CC1C[C@@H](Cl)CCC1Cl. The fourth-order valence-electron chi connectivity index (χ4n) is 2.74. The first-order valence-corrected chi connectivity index (χ1v) is 8.19. The van der Waals surface area contributed by atoms with Crippen LogP contribution >= 0.6 is 34.8 Å². The summed E-state index contributed by atoms with van der Waals surface area (Å²) < 4.78 is 1.77. The van der Waals surface area contributed by atoms with E-state index in [-0.39, 0.29) is 16.7 Å². The molecule has 0 N–H and O–H groups in total. The zero-order chi connectivity index (χ0) is 14.8. The molecule has 1 aromatic heterocycles. The molecule has 1 heterocycles. The van der Waals surface area contributed by atoms with Crippen LogP contribution in [0.25, 0.3) is 11.4 Å². The van der Waals surface area contributed by atoms with Gasteiger partial charge in [-0.1, -0.05) is 23.7 Å². The van der Waals surface area contributed by atoms with E-state index in [1.54, 1.807) is 4.68 Å². The van der Waals surface area contributed by atoms with Gasteiger partial charge in [0.25, 0.3) is 0 Å². The van der Waals surface area contributed by atoms with E-state index in [9.17, 15) is 0 Å². The summed E-state index contributed by atoms with van der Waals surface area (Å²) in [5.74, 6) is 0.939. The van der Waals surface area contributed by atoms with Gasteiger partial charge < -0.3 is 0 Å². The molecule has 1 aliphatic rings. The fourth-order valence-corrected chi connectivity index (χ4v) is 3.63. The monoisotopic (exact) mass is 344 g/mol. The Morgan fingerprint density at radius 1 is 1.19 bits per heavy atom. The Hall–Kier alpha value is -0.840. The van der Waals surface area contributed by atoms with Crippen molar-refractivity contribution in [3.05, 3.63) is 29.3 Å². The summed E-state index contributed by atoms with van der Waals surface area (Å²) >= 11 is 18.9. The lowest BCUT2D eigenvalue weighted by molar-refractivity contribution is 0.316. The molecule has 1 aromatic carbocycles. The van der Waals surface area contributed by atoms with Crippen LogP contribution in [0.1, 0.15) is 19.3 Å². The van der Waals surface area contributed by atoms with Crippen LogP contribution in [-0.2, 0) is 6.54 Å². The Labute approximate surface area is 138 Å². The van der Waals surface area contributed by atoms with Gasteiger partial charge in [-0.05, 0) is 47.7 Å². The van der Waals surface area contributed by atoms with Crippen LogP contribution in [0.5, 0.6) is 0 Å². The smallest absolute Gasteiger partial charge is 0.183 e. The van der Waals surface area contributed by atoms with Gasteiger partial charge in [-0.15, -0.1) is 28.3 Å². The van der Waals surface area contributed by atoms with E-state index in [2.05, 4.69) is 15.5 Å². The third-order valence-electron chi connectivity index (χ3n) is 3.88. The van der Waals surface area contributed by atoms with E-state index >= 15 is 0 Å². The first kappa shape index (κ1) is 15.1. The maximum absolute atomic E-state index is 6.43. The highest BCUT2D eigenvalue weighted by Crippen LogP contribution is 2.34. The predicted molar refractivity (Wildman–Crippen MR) is 84.9 cm³/mol.